The standard InChI is InChI=1S/C16H32N2O3/c1-4-6-17(7-5-2)13-15(19)12-14(3)16(20)18-8-10-21-11-9-18/h14-15,19H,4-13H2,1-3H3. The Balaban J connectivity index is 2.37. The monoisotopic (exact) mass is 300 g/mol. The first-order valence-corrected chi connectivity index (χ1v) is 8.35. The summed E-state index contributed by atoms with van der Waals surface area (Å²) in [5.41, 5.74) is 0. The van der Waals surface area contributed by atoms with Crippen LogP contribution in [0.3, 0.4) is 0 Å². The Bertz CT molecular complexity index is 287. The van der Waals surface area contributed by atoms with Crippen LogP contribution in [0.25, 0.3) is 0 Å². The number of rotatable bonds is 9. The second-order valence-corrected chi connectivity index (χ2v) is 6.03. The SMILES string of the molecule is CCCN(CCC)CC(O)CC(C)C(=O)N1CCOCC1. The fraction of sp³-hybridized carbons (Fsp3) is 0.938. The first-order valence-electron chi connectivity index (χ1n) is 8.35. The quantitative estimate of drug-likeness (QED) is 0.698. The lowest BCUT2D eigenvalue weighted by Crippen LogP contribution is -2.44. The molecule has 1 N–H and O–H groups in total. The van der Waals surface area contributed by atoms with Gasteiger partial charge in [0.05, 0.1) is 19.3 Å². The summed E-state index contributed by atoms with van der Waals surface area (Å²) in [5.74, 6) is 0.0260. The van der Waals surface area contributed by atoms with E-state index in [0.717, 1.165) is 25.9 Å². The molecule has 0 aliphatic carbocycles. The highest BCUT2D eigenvalue weighted by atomic mass is 16.5. The lowest BCUT2D eigenvalue weighted by atomic mass is 10.0. The van der Waals surface area contributed by atoms with E-state index in [0.29, 0.717) is 39.3 Å². The molecule has 5 heteroatoms. The number of carbonyl (C=O) groups is 1. The summed E-state index contributed by atoms with van der Waals surface area (Å²) in [4.78, 5) is 16.5. The van der Waals surface area contributed by atoms with Gasteiger partial charge in [0.2, 0.25) is 5.91 Å². The summed E-state index contributed by atoms with van der Waals surface area (Å²) < 4.78 is 5.27. The Labute approximate surface area is 129 Å². The Morgan fingerprint density at radius 2 is 1.81 bits per heavy atom. The Kier molecular flexibility index (Phi) is 8.88. The van der Waals surface area contributed by atoms with Crippen molar-refractivity contribution in [3.8, 4) is 0 Å². The average Bonchev–Trinajstić information content (AvgIpc) is 2.47. The normalized spacial score (nSPS) is 18.8. The number of amides is 1. The largest absolute Gasteiger partial charge is 0.392 e. The van der Waals surface area contributed by atoms with E-state index in [1.54, 1.807) is 0 Å². The highest BCUT2D eigenvalue weighted by Crippen LogP contribution is 2.13. The fourth-order valence-corrected chi connectivity index (χ4v) is 2.90. The fourth-order valence-electron chi connectivity index (χ4n) is 2.90. The van der Waals surface area contributed by atoms with E-state index in [2.05, 4.69) is 18.7 Å². The smallest absolute Gasteiger partial charge is 0.225 e. The number of hydrogen-bond donors (Lipinski definition) is 1. The lowest BCUT2D eigenvalue weighted by Gasteiger charge is -2.30. The number of aliphatic hydroxyl groups excluding tert-OH is 1. The average molecular weight is 300 g/mol. The number of morpholine rings is 1. The summed E-state index contributed by atoms with van der Waals surface area (Å²) in [6, 6.07) is 0. The summed E-state index contributed by atoms with van der Waals surface area (Å²) in [6.45, 7) is 11.5. The van der Waals surface area contributed by atoms with Gasteiger partial charge in [0.25, 0.3) is 0 Å². The predicted molar refractivity (Wildman–Crippen MR) is 84.2 cm³/mol. The third-order valence-electron chi connectivity index (χ3n) is 3.92. The first-order chi connectivity index (χ1) is 10.1. The second-order valence-electron chi connectivity index (χ2n) is 6.03. The first kappa shape index (κ1) is 18.4. The zero-order valence-corrected chi connectivity index (χ0v) is 13.9. The van der Waals surface area contributed by atoms with E-state index in [-0.39, 0.29) is 11.8 Å². The van der Waals surface area contributed by atoms with Gasteiger partial charge in [0.1, 0.15) is 0 Å². The number of nitrogens with zero attached hydrogens (tertiary/aromatic N) is 2. The Hall–Kier alpha value is -0.650. The van der Waals surface area contributed by atoms with Gasteiger partial charge in [-0.1, -0.05) is 20.8 Å². The molecular weight excluding hydrogens is 268 g/mol. The summed E-state index contributed by atoms with van der Waals surface area (Å²) in [5, 5.41) is 10.3. The van der Waals surface area contributed by atoms with Crippen molar-refractivity contribution in [1.29, 1.82) is 0 Å². The van der Waals surface area contributed by atoms with E-state index >= 15 is 0 Å². The van der Waals surface area contributed by atoms with Crippen molar-refractivity contribution in [3.05, 3.63) is 0 Å². The van der Waals surface area contributed by atoms with Crippen LogP contribution in [0.5, 0.6) is 0 Å². The minimum Gasteiger partial charge on any atom is -0.392 e. The molecule has 1 aliphatic heterocycles. The molecular formula is C16H32N2O3. The molecule has 0 saturated carbocycles. The van der Waals surface area contributed by atoms with Crippen molar-refractivity contribution in [2.24, 2.45) is 5.92 Å². The van der Waals surface area contributed by atoms with Gasteiger partial charge in [0.15, 0.2) is 0 Å². The summed E-state index contributed by atoms with van der Waals surface area (Å²) in [7, 11) is 0. The van der Waals surface area contributed by atoms with Crippen LogP contribution >= 0.6 is 0 Å². The molecule has 124 valence electrons. The van der Waals surface area contributed by atoms with Crippen molar-refractivity contribution in [2.75, 3.05) is 45.9 Å². The highest BCUT2D eigenvalue weighted by Gasteiger charge is 2.24. The molecule has 0 spiro atoms. The molecule has 0 aromatic heterocycles. The maximum atomic E-state index is 12.3. The molecule has 0 bridgehead atoms. The van der Waals surface area contributed by atoms with E-state index in [9.17, 15) is 9.90 Å². The number of carbonyl (C=O) groups excluding carboxylic acids is 1. The van der Waals surface area contributed by atoms with Crippen LogP contribution in [-0.2, 0) is 9.53 Å². The van der Waals surface area contributed by atoms with Gasteiger partial charge in [-0.2, -0.15) is 0 Å². The van der Waals surface area contributed by atoms with Gasteiger partial charge in [0, 0.05) is 25.6 Å². The van der Waals surface area contributed by atoms with E-state index in [1.807, 2.05) is 11.8 Å². The zero-order valence-electron chi connectivity index (χ0n) is 13.9. The number of hydrogen-bond acceptors (Lipinski definition) is 4. The molecule has 0 aromatic rings. The zero-order chi connectivity index (χ0) is 15.7. The highest BCUT2D eigenvalue weighted by molar-refractivity contribution is 5.78. The van der Waals surface area contributed by atoms with Crippen molar-refractivity contribution < 1.29 is 14.6 Å². The molecule has 1 heterocycles. The molecule has 1 saturated heterocycles. The van der Waals surface area contributed by atoms with Crippen LogP contribution in [0.1, 0.15) is 40.0 Å². The van der Waals surface area contributed by atoms with Crippen LogP contribution in [-0.4, -0.2) is 72.9 Å². The summed E-state index contributed by atoms with van der Waals surface area (Å²) >= 11 is 0. The van der Waals surface area contributed by atoms with Gasteiger partial charge in [-0.25, -0.2) is 0 Å². The molecule has 1 aliphatic rings. The van der Waals surface area contributed by atoms with E-state index in [1.165, 1.54) is 0 Å². The second kappa shape index (κ2) is 10.1. The Morgan fingerprint density at radius 1 is 1.24 bits per heavy atom. The molecule has 0 aromatic carbocycles. The minimum absolute atomic E-state index is 0.122. The lowest BCUT2D eigenvalue weighted by molar-refractivity contribution is -0.140. The van der Waals surface area contributed by atoms with E-state index in [4.69, 9.17) is 4.74 Å². The van der Waals surface area contributed by atoms with Crippen LogP contribution in [0.15, 0.2) is 0 Å². The van der Waals surface area contributed by atoms with Crippen molar-refractivity contribution in [2.45, 2.75) is 46.1 Å². The minimum atomic E-state index is -0.428. The topological polar surface area (TPSA) is 53.0 Å². The molecule has 0 radical (unpaired) electrons. The van der Waals surface area contributed by atoms with Gasteiger partial charge < -0.3 is 19.6 Å². The summed E-state index contributed by atoms with van der Waals surface area (Å²) in [6.07, 6.45) is 2.30. The molecule has 2 unspecified atom stereocenters. The van der Waals surface area contributed by atoms with Crippen molar-refractivity contribution >= 4 is 5.91 Å². The molecule has 1 amide bonds. The van der Waals surface area contributed by atoms with Crippen molar-refractivity contribution in [1.82, 2.24) is 9.80 Å². The van der Waals surface area contributed by atoms with Crippen LogP contribution < -0.4 is 0 Å². The van der Waals surface area contributed by atoms with Crippen LogP contribution in [0.4, 0.5) is 0 Å². The van der Waals surface area contributed by atoms with Gasteiger partial charge in [-0.3, -0.25) is 4.79 Å². The van der Waals surface area contributed by atoms with Crippen LogP contribution in [0, 0.1) is 5.92 Å². The third-order valence-corrected chi connectivity index (χ3v) is 3.92. The third kappa shape index (κ3) is 6.76. The number of ether oxygens (including phenoxy) is 1. The van der Waals surface area contributed by atoms with Gasteiger partial charge in [-0.15, -0.1) is 0 Å². The van der Waals surface area contributed by atoms with Crippen molar-refractivity contribution in [3.63, 3.8) is 0 Å². The number of aliphatic hydroxyl groups is 1. The Morgan fingerprint density at radius 3 is 2.33 bits per heavy atom. The van der Waals surface area contributed by atoms with Crippen LogP contribution in [0.2, 0.25) is 0 Å². The molecule has 21 heavy (non-hydrogen) atoms. The molecule has 1 rings (SSSR count). The van der Waals surface area contributed by atoms with Gasteiger partial charge >= 0.3 is 0 Å². The van der Waals surface area contributed by atoms with E-state index < -0.39 is 6.10 Å². The maximum absolute atomic E-state index is 12.3. The maximum Gasteiger partial charge on any atom is 0.225 e. The molecule has 5 nitrogen and oxygen atoms in total. The van der Waals surface area contributed by atoms with Gasteiger partial charge in [-0.05, 0) is 32.4 Å². The molecule has 1 fully saturated rings. The predicted octanol–water partition coefficient (Wildman–Crippen LogP) is 1.35. The molecule has 2 atom stereocenters.